The Morgan fingerprint density at radius 1 is 1.08 bits per heavy atom. The highest BCUT2D eigenvalue weighted by Crippen LogP contribution is 2.38. The third-order valence-electron chi connectivity index (χ3n) is 5.20. The Labute approximate surface area is 153 Å². The highest BCUT2D eigenvalue weighted by atomic mass is 15.0. The number of pyridine rings is 2. The van der Waals surface area contributed by atoms with Crippen LogP contribution in [0.4, 0.5) is 5.82 Å². The Hall–Kier alpha value is -2.66. The molecule has 0 saturated carbocycles. The van der Waals surface area contributed by atoms with Crippen molar-refractivity contribution in [1.82, 2.24) is 15.3 Å². The van der Waals surface area contributed by atoms with E-state index in [0.717, 1.165) is 37.4 Å². The van der Waals surface area contributed by atoms with Crippen LogP contribution in [-0.4, -0.2) is 29.6 Å². The lowest BCUT2D eigenvalue weighted by molar-refractivity contribution is -0.375. The van der Waals surface area contributed by atoms with Crippen molar-refractivity contribution >= 4 is 38.4 Å². The van der Waals surface area contributed by atoms with Crippen molar-refractivity contribution < 1.29 is 4.98 Å². The molecule has 0 aliphatic heterocycles. The van der Waals surface area contributed by atoms with Crippen LogP contribution in [-0.2, 0) is 0 Å². The molecular weight excluding hydrogens is 322 g/mol. The summed E-state index contributed by atoms with van der Waals surface area (Å²) in [6.45, 7) is 9.48. The number of hydrogen-bond donors (Lipinski definition) is 3. The van der Waals surface area contributed by atoms with Crippen molar-refractivity contribution in [2.75, 3.05) is 25.0 Å². The van der Waals surface area contributed by atoms with E-state index in [2.05, 4.69) is 64.7 Å². The number of aromatic nitrogens is 3. The molecule has 134 valence electrons. The summed E-state index contributed by atoms with van der Waals surface area (Å²) in [6, 6.07) is 4.22. The Morgan fingerprint density at radius 2 is 1.96 bits per heavy atom. The first-order valence-electron chi connectivity index (χ1n) is 9.36. The third kappa shape index (κ3) is 2.69. The van der Waals surface area contributed by atoms with Crippen LogP contribution < -0.4 is 15.6 Å². The van der Waals surface area contributed by atoms with E-state index in [1.807, 2.05) is 12.4 Å². The van der Waals surface area contributed by atoms with Crippen LogP contribution in [0, 0.1) is 13.8 Å². The van der Waals surface area contributed by atoms with Gasteiger partial charge in [-0.3, -0.25) is 0 Å². The highest BCUT2D eigenvalue weighted by molar-refractivity contribution is 6.17. The van der Waals surface area contributed by atoms with Gasteiger partial charge in [-0.15, -0.1) is 0 Å². The zero-order valence-corrected chi connectivity index (χ0v) is 15.7. The van der Waals surface area contributed by atoms with Crippen LogP contribution in [0.3, 0.4) is 0 Å². The monoisotopic (exact) mass is 348 g/mol. The Kier molecular flexibility index (Phi) is 4.47. The van der Waals surface area contributed by atoms with Gasteiger partial charge in [-0.05, 0) is 55.9 Å². The predicted octanol–water partition coefficient (Wildman–Crippen LogP) is 3.71. The Balaban J connectivity index is 1.87. The molecule has 5 heteroatoms. The molecule has 0 aliphatic carbocycles. The van der Waals surface area contributed by atoms with Crippen molar-refractivity contribution in [3.05, 3.63) is 41.9 Å². The number of nitrogens with zero attached hydrogens (tertiary/aromatic N) is 1. The number of aryl methyl sites for hydroxylation is 2. The van der Waals surface area contributed by atoms with Crippen LogP contribution in [0.5, 0.6) is 0 Å². The summed E-state index contributed by atoms with van der Waals surface area (Å²) in [7, 11) is 0. The topological polar surface area (TPSA) is 66.9 Å². The van der Waals surface area contributed by atoms with Gasteiger partial charge in [-0.25, -0.2) is 9.97 Å². The molecule has 5 nitrogen and oxygen atoms in total. The lowest BCUT2D eigenvalue weighted by Gasteiger charge is -2.14. The molecule has 0 aliphatic rings. The second-order valence-corrected chi connectivity index (χ2v) is 6.81. The lowest BCUT2D eigenvalue weighted by Crippen LogP contribution is -2.17. The third-order valence-corrected chi connectivity index (χ3v) is 5.20. The van der Waals surface area contributed by atoms with Gasteiger partial charge >= 0.3 is 0 Å². The quantitative estimate of drug-likeness (QED) is 0.465. The summed E-state index contributed by atoms with van der Waals surface area (Å²) in [5.74, 6) is 0.982. The molecule has 0 atom stereocenters. The number of aromatic amines is 2. The fourth-order valence-electron chi connectivity index (χ4n) is 3.89. The average Bonchev–Trinajstić information content (AvgIpc) is 3.06. The molecule has 0 amide bonds. The van der Waals surface area contributed by atoms with Gasteiger partial charge in [0.15, 0.2) is 12.4 Å². The molecule has 0 bridgehead atoms. The van der Waals surface area contributed by atoms with Gasteiger partial charge in [0.1, 0.15) is 5.82 Å². The van der Waals surface area contributed by atoms with Crippen LogP contribution in [0.1, 0.15) is 24.5 Å². The summed E-state index contributed by atoms with van der Waals surface area (Å²) in [5, 5.41) is 11.9. The van der Waals surface area contributed by atoms with Crippen molar-refractivity contribution in [3.8, 4) is 0 Å². The molecule has 0 saturated heterocycles. The summed E-state index contributed by atoms with van der Waals surface area (Å²) < 4.78 is 0. The molecule has 0 spiro atoms. The van der Waals surface area contributed by atoms with Crippen molar-refractivity contribution in [1.29, 1.82) is 0 Å². The van der Waals surface area contributed by atoms with Gasteiger partial charge in [0, 0.05) is 29.6 Å². The van der Waals surface area contributed by atoms with Crippen LogP contribution in [0.25, 0.3) is 32.6 Å². The Bertz CT molecular complexity index is 1080. The number of anilines is 1. The van der Waals surface area contributed by atoms with Gasteiger partial charge < -0.3 is 15.6 Å². The first-order valence-corrected chi connectivity index (χ1v) is 9.36. The maximum Gasteiger partial charge on any atom is 0.177 e. The van der Waals surface area contributed by atoms with E-state index in [9.17, 15) is 0 Å². The summed E-state index contributed by atoms with van der Waals surface area (Å²) in [4.78, 5) is 11.5. The van der Waals surface area contributed by atoms with Crippen molar-refractivity contribution in [2.45, 2.75) is 27.2 Å². The predicted molar refractivity (Wildman–Crippen MR) is 109 cm³/mol. The van der Waals surface area contributed by atoms with Crippen LogP contribution in [0.15, 0.2) is 30.7 Å². The first-order chi connectivity index (χ1) is 12.7. The fourth-order valence-corrected chi connectivity index (χ4v) is 3.89. The standard InChI is InChI=1S/C21H25N5/c1-4-22-8-5-9-24-21-19-14(3)18-16-12-23-10-7-17(16)26-20(18)13(2)15(19)6-11-25-21/h6-7,10-12,22,26H,4-5,8-9H2,1-3H3,(H,24,25)/p+1. The second kappa shape index (κ2) is 6.92. The first kappa shape index (κ1) is 16.8. The summed E-state index contributed by atoms with van der Waals surface area (Å²) in [5.41, 5.74) is 4.92. The molecule has 4 N–H and O–H groups in total. The van der Waals surface area contributed by atoms with Gasteiger partial charge in [-0.1, -0.05) is 6.92 Å². The molecule has 26 heavy (non-hydrogen) atoms. The fraction of sp³-hybridized carbons (Fsp3) is 0.333. The summed E-state index contributed by atoms with van der Waals surface area (Å²) in [6.07, 6.45) is 7.02. The zero-order valence-electron chi connectivity index (χ0n) is 15.7. The van der Waals surface area contributed by atoms with Crippen LogP contribution >= 0.6 is 0 Å². The SMILES string of the molecule is CCNCCCNc1nccc2c(C)c3[nH]c4cc[nH+]cc4c3c(C)c12. The minimum absolute atomic E-state index is 0.914. The van der Waals surface area contributed by atoms with E-state index in [1.54, 1.807) is 0 Å². The van der Waals surface area contributed by atoms with E-state index in [4.69, 9.17) is 0 Å². The Morgan fingerprint density at radius 3 is 2.81 bits per heavy atom. The lowest BCUT2D eigenvalue weighted by atomic mass is 9.96. The molecular formula is C21H26N5+. The maximum atomic E-state index is 4.65. The minimum atomic E-state index is 0.914. The minimum Gasteiger partial charge on any atom is -0.370 e. The normalized spacial score (nSPS) is 11.7. The number of fused-ring (bicyclic) bond motifs is 4. The molecule has 0 radical (unpaired) electrons. The highest BCUT2D eigenvalue weighted by Gasteiger charge is 2.17. The second-order valence-electron chi connectivity index (χ2n) is 6.81. The van der Waals surface area contributed by atoms with E-state index in [0.29, 0.717) is 0 Å². The van der Waals surface area contributed by atoms with Crippen molar-refractivity contribution in [2.24, 2.45) is 0 Å². The van der Waals surface area contributed by atoms with E-state index < -0.39 is 0 Å². The molecule has 4 rings (SSSR count). The van der Waals surface area contributed by atoms with Gasteiger partial charge in [-0.2, -0.15) is 0 Å². The smallest absolute Gasteiger partial charge is 0.177 e. The van der Waals surface area contributed by atoms with E-state index >= 15 is 0 Å². The van der Waals surface area contributed by atoms with Gasteiger partial charge in [0.05, 0.1) is 16.4 Å². The number of nitrogens with one attached hydrogen (secondary N) is 4. The molecule has 3 aromatic heterocycles. The maximum absolute atomic E-state index is 4.65. The van der Waals surface area contributed by atoms with Gasteiger partial charge in [0.25, 0.3) is 0 Å². The zero-order chi connectivity index (χ0) is 18.1. The molecule has 1 aromatic carbocycles. The number of benzene rings is 1. The molecule has 0 unspecified atom stereocenters. The van der Waals surface area contributed by atoms with E-state index in [1.165, 1.54) is 38.2 Å². The van der Waals surface area contributed by atoms with Crippen LogP contribution in [0.2, 0.25) is 0 Å². The van der Waals surface area contributed by atoms with Gasteiger partial charge in [0.2, 0.25) is 0 Å². The summed E-state index contributed by atoms with van der Waals surface area (Å²) >= 11 is 0. The number of rotatable bonds is 6. The molecule has 3 heterocycles. The number of H-pyrrole nitrogens is 2. The average molecular weight is 348 g/mol. The largest absolute Gasteiger partial charge is 0.370 e. The molecule has 4 aromatic rings. The van der Waals surface area contributed by atoms with E-state index in [-0.39, 0.29) is 0 Å². The molecule has 0 fully saturated rings. The van der Waals surface area contributed by atoms with Crippen molar-refractivity contribution in [3.63, 3.8) is 0 Å². The number of hydrogen-bond acceptors (Lipinski definition) is 3.